The molecule has 0 bridgehead atoms. The van der Waals surface area contributed by atoms with E-state index in [1.54, 1.807) is 12.1 Å². The molecule has 1 unspecified atom stereocenters. The van der Waals surface area contributed by atoms with Gasteiger partial charge in [0.1, 0.15) is 5.69 Å². The van der Waals surface area contributed by atoms with Crippen molar-refractivity contribution in [3.8, 4) is 0 Å². The van der Waals surface area contributed by atoms with Crippen molar-refractivity contribution in [2.45, 2.75) is 25.4 Å². The second kappa shape index (κ2) is 5.27. The van der Waals surface area contributed by atoms with Crippen LogP contribution >= 0.6 is 0 Å². The average Bonchev–Trinajstić information content (AvgIpc) is 2.86. The van der Waals surface area contributed by atoms with Crippen LogP contribution in [0.5, 0.6) is 0 Å². The zero-order valence-corrected chi connectivity index (χ0v) is 11.0. The summed E-state index contributed by atoms with van der Waals surface area (Å²) in [5.41, 5.74) is 0.989. The number of rotatable bonds is 3. The smallest absolute Gasteiger partial charge is 0.354 e. The molecular weight excluding hydrogens is 242 g/mol. The maximum Gasteiger partial charge on any atom is 0.354 e. The Morgan fingerprint density at radius 1 is 1.37 bits per heavy atom. The number of carboxylic acid groups (broad SMARTS) is 1. The zero-order valence-electron chi connectivity index (χ0n) is 11.0. The summed E-state index contributed by atoms with van der Waals surface area (Å²) in [6.07, 6.45) is 2.60. The molecule has 0 saturated carbocycles. The molecule has 2 saturated heterocycles. The number of carboxylic acids is 1. The van der Waals surface area contributed by atoms with Crippen LogP contribution in [0.15, 0.2) is 18.2 Å². The van der Waals surface area contributed by atoms with E-state index >= 15 is 0 Å². The number of nitrogens with zero attached hydrogens (tertiary/aromatic N) is 3. The van der Waals surface area contributed by atoms with E-state index in [4.69, 9.17) is 5.11 Å². The van der Waals surface area contributed by atoms with Crippen molar-refractivity contribution >= 4 is 5.97 Å². The molecule has 3 rings (SSSR count). The molecule has 5 heteroatoms. The SMILES string of the molecule is O=C(O)c1cccc(CN2CCN3CCCC3C2)n1. The first kappa shape index (κ1) is 12.6. The van der Waals surface area contributed by atoms with E-state index < -0.39 is 5.97 Å². The molecule has 0 aromatic carbocycles. The van der Waals surface area contributed by atoms with Crippen molar-refractivity contribution in [1.29, 1.82) is 0 Å². The second-order valence-electron chi connectivity index (χ2n) is 5.39. The molecule has 0 aliphatic carbocycles. The lowest BCUT2D eigenvalue weighted by Crippen LogP contribution is -2.49. The highest BCUT2D eigenvalue weighted by molar-refractivity contribution is 5.85. The number of aromatic carboxylic acids is 1. The molecule has 1 atom stereocenters. The summed E-state index contributed by atoms with van der Waals surface area (Å²) in [6, 6.07) is 5.92. The first-order chi connectivity index (χ1) is 9.22. The van der Waals surface area contributed by atoms with Crippen molar-refractivity contribution in [3.63, 3.8) is 0 Å². The zero-order chi connectivity index (χ0) is 13.2. The van der Waals surface area contributed by atoms with Crippen LogP contribution in [0, 0.1) is 0 Å². The van der Waals surface area contributed by atoms with E-state index in [2.05, 4.69) is 14.8 Å². The molecule has 102 valence electrons. The molecule has 3 heterocycles. The van der Waals surface area contributed by atoms with Crippen molar-refractivity contribution in [1.82, 2.24) is 14.8 Å². The van der Waals surface area contributed by atoms with Crippen molar-refractivity contribution in [3.05, 3.63) is 29.6 Å². The lowest BCUT2D eigenvalue weighted by molar-refractivity contribution is 0.0689. The molecule has 2 fully saturated rings. The van der Waals surface area contributed by atoms with E-state index in [-0.39, 0.29) is 5.69 Å². The average molecular weight is 261 g/mol. The minimum Gasteiger partial charge on any atom is -0.477 e. The van der Waals surface area contributed by atoms with Gasteiger partial charge in [-0.25, -0.2) is 9.78 Å². The van der Waals surface area contributed by atoms with Crippen LogP contribution in [0.4, 0.5) is 0 Å². The number of hydrogen-bond acceptors (Lipinski definition) is 4. The monoisotopic (exact) mass is 261 g/mol. The van der Waals surface area contributed by atoms with Crippen molar-refractivity contribution in [2.24, 2.45) is 0 Å². The summed E-state index contributed by atoms with van der Waals surface area (Å²) < 4.78 is 0. The fraction of sp³-hybridized carbons (Fsp3) is 0.571. The summed E-state index contributed by atoms with van der Waals surface area (Å²) in [4.78, 5) is 20.1. The van der Waals surface area contributed by atoms with Gasteiger partial charge in [-0.1, -0.05) is 6.07 Å². The Morgan fingerprint density at radius 3 is 3.11 bits per heavy atom. The summed E-state index contributed by atoms with van der Waals surface area (Å²) >= 11 is 0. The van der Waals surface area contributed by atoms with Gasteiger partial charge in [-0.05, 0) is 31.5 Å². The van der Waals surface area contributed by atoms with Crippen LogP contribution in [0.2, 0.25) is 0 Å². The standard InChI is InChI=1S/C14H19N3O2/c18-14(19)13-5-1-3-11(15-13)9-16-7-8-17-6-2-4-12(17)10-16/h1,3,5,12H,2,4,6-10H2,(H,18,19). The number of fused-ring (bicyclic) bond motifs is 1. The lowest BCUT2D eigenvalue weighted by Gasteiger charge is -2.37. The van der Waals surface area contributed by atoms with Crippen LogP contribution in [0.1, 0.15) is 29.0 Å². The summed E-state index contributed by atoms with van der Waals surface area (Å²) in [5.74, 6) is -0.956. The number of hydrogen-bond donors (Lipinski definition) is 1. The maximum absolute atomic E-state index is 10.9. The molecule has 2 aliphatic rings. The van der Waals surface area contributed by atoms with Gasteiger partial charge >= 0.3 is 5.97 Å². The molecule has 1 aromatic heterocycles. The molecule has 1 aromatic rings. The Hall–Kier alpha value is -1.46. The molecule has 0 radical (unpaired) electrons. The van der Waals surface area contributed by atoms with Crippen molar-refractivity contribution < 1.29 is 9.90 Å². The Bertz CT molecular complexity index is 478. The number of carbonyl (C=O) groups is 1. The third-order valence-corrected chi connectivity index (χ3v) is 4.08. The van der Waals surface area contributed by atoms with E-state index in [0.29, 0.717) is 6.04 Å². The molecular formula is C14H19N3O2. The van der Waals surface area contributed by atoms with Gasteiger partial charge in [0.05, 0.1) is 5.69 Å². The molecule has 19 heavy (non-hydrogen) atoms. The van der Waals surface area contributed by atoms with E-state index in [0.717, 1.165) is 31.9 Å². The van der Waals surface area contributed by atoms with E-state index in [1.165, 1.54) is 19.4 Å². The molecule has 5 nitrogen and oxygen atoms in total. The van der Waals surface area contributed by atoms with Gasteiger partial charge in [0, 0.05) is 32.2 Å². The largest absolute Gasteiger partial charge is 0.477 e. The Balaban J connectivity index is 1.65. The van der Waals surface area contributed by atoms with Crippen molar-refractivity contribution in [2.75, 3.05) is 26.2 Å². The van der Waals surface area contributed by atoms with Crippen LogP contribution in [0.3, 0.4) is 0 Å². The van der Waals surface area contributed by atoms with Gasteiger partial charge in [-0.2, -0.15) is 0 Å². The first-order valence-corrected chi connectivity index (χ1v) is 6.88. The quantitative estimate of drug-likeness (QED) is 0.881. The van der Waals surface area contributed by atoms with Gasteiger partial charge in [-0.3, -0.25) is 9.80 Å². The predicted octanol–water partition coefficient (Wildman–Crippen LogP) is 1.06. The number of pyridine rings is 1. The minimum atomic E-state index is -0.956. The Labute approximate surface area is 112 Å². The Morgan fingerprint density at radius 2 is 2.26 bits per heavy atom. The normalized spacial score (nSPS) is 24.3. The fourth-order valence-corrected chi connectivity index (χ4v) is 3.11. The van der Waals surface area contributed by atoms with Gasteiger partial charge in [0.2, 0.25) is 0 Å². The van der Waals surface area contributed by atoms with Crippen LogP contribution in [-0.4, -0.2) is 58.1 Å². The number of piperazine rings is 1. The summed E-state index contributed by atoms with van der Waals surface area (Å²) in [5, 5.41) is 8.96. The Kier molecular flexibility index (Phi) is 3.48. The van der Waals surface area contributed by atoms with E-state index in [1.807, 2.05) is 6.07 Å². The van der Waals surface area contributed by atoms with Gasteiger partial charge in [0.15, 0.2) is 0 Å². The highest BCUT2D eigenvalue weighted by Crippen LogP contribution is 2.22. The molecule has 0 amide bonds. The van der Waals surface area contributed by atoms with Crippen LogP contribution < -0.4 is 0 Å². The first-order valence-electron chi connectivity index (χ1n) is 6.88. The summed E-state index contributed by atoms with van der Waals surface area (Å²) in [6.45, 7) is 5.26. The van der Waals surface area contributed by atoms with Gasteiger partial charge < -0.3 is 5.11 Å². The molecule has 0 spiro atoms. The summed E-state index contributed by atoms with van der Waals surface area (Å²) in [7, 11) is 0. The topological polar surface area (TPSA) is 56.7 Å². The highest BCUT2D eigenvalue weighted by Gasteiger charge is 2.30. The van der Waals surface area contributed by atoms with Gasteiger partial charge in [-0.15, -0.1) is 0 Å². The second-order valence-corrected chi connectivity index (χ2v) is 5.39. The number of aromatic nitrogens is 1. The minimum absolute atomic E-state index is 0.136. The third-order valence-electron chi connectivity index (χ3n) is 4.08. The predicted molar refractivity (Wildman–Crippen MR) is 71.1 cm³/mol. The van der Waals surface area contributed by atoms with E-state index in [9.17, 15) is 4.79 Å². The third kappa shape index (κ3) is 2.77. The lowest BCUT2D eigenvalue weighted by atomic mass is 10.1. The molecule has 1 N–H and O–H groups in total. The van der Waals surface area contributed by atoms with Gasteiger partial charge in [0.25, 0.3) is 0 Å². The molecule has 2 aliphatic heterocycles. The fourth-order valence-electron chi connectivity index (χ4n) is 3.11. The van der Waals surface area contributed by atoms with Crippen LogP contribution in [-0.2, 0) is 6.54 Å². The van der Waals surface area contributed by atoms with Crippen LogP contribution in [0.25, 0.3) is 0 Å². The maximum atomic E-state index is 10.9. The highest BCUT2D eigenvalue weighted by atomic mass is 16.4.